The second kappa shape index (κ2) is 8.22. The minimum Gasteiger partial charge on any atom is -0.489 e. The normalized spacial score (nSPS) is 29.9. The third-order valence-electron chi connectivity index (χ3n) is 7.13. The van der Waals surface area contributed by atoms with E-state index in [4.69, 9.17) is 4.74 Å². The molecule has 0 bridgehead atoms. The summed E-state index contributed by atoms with van der Waals surface area (Å²) in [4.78, 5) is 40.4. The third kappa shape index (κ3) is 3.93. The first-order valence-corrected chi connectivity index (χ1v) is 11.3. The van der Waals surface area contributed by atoms with Crippen molar-refractivity contribution in [2.24, 2.45) is 0 Å². The van der Waals surface area contributed by atoms with Gasteiger partial charge < -0.3 is 9.64 Å². The summed E-state index contributed by atoms with van der Waals surface area (Å²) in [7, 11) is 0. The second-order valence-electron chi connectivity index (χ2n) is 9.08. The Hall–Kier alpha value is -2.48. The molecule has 31 heavy (non-hydrogen) atoms. The van der Waals surface area contributed by atoms with Gasteiger partial charge in [-0.1, -0.05) is 0 Å². The standard InChI is InChI=1S/C23H28FN3O4/c24-15-8-10-26(11-9-15)18-2-1-3-20(18)31-16-4-5-17-14(12-16)13-27(23(17)30)19-6-7-21(28)25-22(19)29/h4-5,12,15,18-20H,1-3,6-11,13H2,(H,25,28,29)/t18-,19?,20-/m0/s1. The molecule has 1 aromatic rings. The lowest BCUT2D eigenvalue weighted by Crippen LogP contribution is -2.52. The van der Waals surface area contributed by atoms with E-state index in [1.54, 1.807) is 11.0 Å². The summed E-state index contributed by atoms with van der Waals surface area (Å²) in [5, 5.41) is 2.33. The summed E-state index contributed by atoms with van der Waals surface area (Å²) in [6, 6.07) is 5.20. The van der Waals surface area contributed by atoms with Crippen LogP contribution in [0.15, 0.2) is 18.2 Å². The fourth-order valence-corrected chi connectivity index (χ4v) is 5.46. The molecule has 166 valence electrons. The Balaban J connectivity index is 1.27. The van der Waals surface area contributed by atoms with Crippen molar-refractivity contribution in [1.82, 2.24) is 15.1 Å². The van der Waals surface area contributed by atoms with Crippen LogP contribution >= 0.6 is 0 Å². The van der Waals surface area contributed by atoms with Crippen LogP contribution in [0.3, 0.4) is 0 Å². The first kappa shape index (κ1) is 20.4. The van der Waals surface area contributed by atoms with Gasteiger partial charge in [-0.3, -0.25) is 24.6 Å². The van der Waals surface area contributed by atoms with Crippen molar-refractivity contribution >= 4 is 17.7 Å². The summed E-state index contributed by atoms with van der Waals surface area (Å²) >= 11 is 0. The van der Waals surface area contributed by atoms with Crippen LogP contribution in [0.5, 0.6) is 5.75 Å². The molecule has 7 nitrogen and oxygen atoms in total. The Morgan fingerprint density at radius 3 is 2.61 bits per heavy atom. The van der Waals surface area contributed by atoms with E-state index in [0.29, 0.717) is 37.4 Å². The van der Waals surface area contributed by atoms with Gasteiger partial charge in [-0.25, -0.2) is 4.39 Å². The molecule has 4 aliphatic rings. The summed E-state index contributed by atoms with van der Waals surface area (Å²) in [6.45, 7) is 1.91. The van der Waals surface area contributed by atoms with Crippen molar-refractivity contribution in [2.45, 2.75) is 75.8 Å². The quantitative estimate of drug-likeness (QED) is 0.743. The van der Waals surface area contributed by atoms with Crippen molar-refractivity contribution in [2.75, 3.05) is 13.1 Å². The SMILES string of the molecule is O=C1CCC(N2Cc3cc(O[C@H]4CCC[C@@H]4N4CCC(F)CC4)ccc3C2=O)C(=O)N1. The van der Waals surface area contributed by atoms with E-state index in [1.807, 2.05) is 12.1 Å². The van der Waals surface area contributed by atoms with Crippen molar-refractivity contribution in [1.29, 1.82) is 0 Å². The highest BCUT2D eigenvalue weighted by Gasteiger charge is 2.40. The van der Waals surface area contributed by atoms with Crippen LogP contribution in [0, 0.1) is 0 Å². The van der Waals surface area contributed by atoms with Gasteiger partial charge >= 0.3 is 0 Å². The molecule has 1 N–H and O–H groups in total. The number of hydrogen-bond acceptors (Lipinski definition) is 5. The number of nitrogens with one attached hydrogen (secondary N) is 1. The molecule has 3 aliphatic heterocycles. The van der Waals surface area contributed by atoms with Crippen LogP contribution in [-0.4, -0.2) is 65.0 Å². The number of imide groups is 1. The van der Waals surface area contributed by atoms with Gasteiger partial charge in [0.05, 0.1) is 0 Å². The minimum absolute atomic E-state index is 0.0672. The van der Waals surface area contributed by atoms with E-state index >= 15 is 0 Å². The molecular weight excluding hydrogens is 401 g/mol. The molecule has 3 heterocycles. The lowest BCUT2D eigenvalue weighted by molar-refractivity contribution is -0.136. The number of carbonyl (C=O) groups excluding carboxylic acids is 3. The molecule has 3 atom stereocenters. The predicted octanol–water partition coefficient (Wildman–Crippen LogP) is 2.18. The first-order chi connectivity index (χ1) is 15.0. The lowest BCUT2D eigenvalue weighted by atomic mass is 10.0. The molecule has 1 aliphatic carbocycles. The summed E-state index contributed by atoms with van der Waals surface area (Å²) < 4.78 is 19.9. The van der Waals surface area contributed by atoms with Crippen molar-refractivity contribution < 1.29 is 23.5 Å². The highest BCUT2D eigenvalue weighted by atomic mass is 19.1. The van der Waals surface area contributed by atoms with E-state index in [9.17, 15) is 18.8 Å². The maximum absolute atomic E-state index is 13.5. The number of alkyl halides is 1. The van der Waals surface area contributed by atoms with Gasteiger partial charge in [0.1, 0.15) is 24.1 Å². The van der Waals surface area contributed by atoms with E-state index < -0.39 is 18.1 Å². The molecule has 1 unspecified atom stereocenters. The number of benzene rings is 1. The Morgan fingerprint density at radius 2 is 1.84 bits per heavy atom. The van der Waals surface area contributed by atoms with E-state index in [2.05, 4.69) is 10.2 Å². The van der Waals surface area contributed by atoms with Gasteiger partial charge in [0.2, 0.25) is 11.8 Å². The number of rotatable bonds is 4. The highest BCUT2D eigenvalue weighted by molar-refractivity contribution is 6.05. The van der Waals surface area contributed by atoms with Gasteiger partial charge in [-0.2, -0.15) is 0 Å². The number of carbonyl (C=O) groups is 3. The van der Waals surface area contributed by atoms with E-state index in [1.165, 1.54) is 0 Å². The number of piperidine rings is 2. The maximum Gasteiger partial charge on any atom is 0.255 e. The Kier molecular flexibility index (Phi) is 5.42. The molecule has 3 fully saturated rings. The molecule has 0 radical (unpaired) electrons. The average molecular weight is 429 g/mol. The maximum atomic E-state index is 13.5. The van der Waals surface area contributed by atoms with Crippen LogP contribution in [0.4, 0.5) is 4.39 Å². The second-order valence-corrected chi connectivity index (χ2v) is 9.08. The first-order valence-electron chi connectivity index (χ1n) is 11.3. The summed E-state index contributed by atoms with van der Waals surface area (Å²) in [5.74, 6) is -0.138. The van der Waals surface area contributed by atoms with E-state index in [0.717, 1.165) is 43.7 Å². The van der Waals surface area contributed by atoms with Crippen LogP contribution in [0.2, 0.25) is 0 Å². The van der Waals surface area contributed by atoms with Crippen LogP contribution in [0.1, 0.15) is 60.9 Å². The zero-order chi connectivity index (χ0) is 21.5. The fourth-order valence-electron chi connectivity index (χ4n) is 5.46. The van der Waals surface area contributed by atoms with Gasteiger partial charge in [0, 0.05) is 37.7 Å². The zero-order valence-electron chi connectivity index (χ0n) is 17.5. The molecule has 3 amide bonds. The number of fused-ring (bicyclic) bond motifs is 1. The number of likely N-dealkylation sites (tertiary alicyclic amines) is 1. The average Bonchev–Trinajstić information content (AvgIpc) is 3.33. The highest BCUT2D eigenvalue weighted by Crippen LogP contribution is 2.34. The smallest absolute Gasteiger partial charge is 0.255 e. The number of ether oxygens (including phenoxy) is 1. The topological polar surface area (TPSA) is 79.0 Å². The largest absolute Gasteiger partial charge is 0.489 e. The molecule has 1 saturated carbocycles. The summed E-state index contributed by atoms with van der Waals surface area (Å²) in [5.41, 5.74) is 1.44. The van der Waals surface area contributed by atoms with Crippen LogP contribution < -0.4 is 10.1 Å². The van der Waals surface area contributed by atoms with Gasteiger partial charge in [-0.15, -0.1) is 0 Å². The van der Waals surface area contributed by atoms with Crippen molar-refractivity contribution in [3.8, 4) is 5.75 Å². The Labute approximate surface area is 180 Å². The molecule has 0 spiro atoms. The fraction of sp³-hybridized carbons (Fsp3) is 0.609. The molecule has 8 heteroatoms. The van der Waals surface area contributed by atoms with Gasteiger partial charge in [0.25, 0.3) is 5.91 Å². The molecule has 1 aromatic carbocycles. The summed E-state index contributed by atoms with van der Waals surface area (Å²) in [6.07, 6.45) is 4.31. The van der Waals surface area contributed by atoms with Crippen molar-refractivity contribution in [3.63, 3.8) is 0 Å². The van der Waals surface area contributed by atoms with Crippen molar-refractivity contribution in [3.05, 3.63) is 29.3 Å². The zero-order valence-corrected chi connectivity index (χ0v) is 17.5. The molecule has 2 saturated heterocycles. The van der Waals surface area contributed by atoms with Crippen LogP contribution in [0.25, 0.3) is 0 Å². The third-order valence-corrected chi connectivity index (χ3v) is 7.13. The molecular formula is C23H28FN3O4. The minimum atomic E-state index is -0.682. The number of halogens is 1. The lowest BCUT2D eigenvalue weighted by Gasteiger charge is -2.36. The van der Waals surface area contributed by atoms with Gasteiger partial charge in [0.15, 0.2) is 0 Å². The van der Waals surface area contributed by atoms with E-state index in [-0.39, 0.29) is 24.3 Å². The molecule has 5 rings (SSSR count). The number of amides is 3. The Morgan fingerprint density at radius 1 is 1.03 bits per heavy atom. The monoisotopic (exact) mass is 429 g/mol. The van der Waals surface area contributed by atoms with Crippen LogP contribution in [-0.2, 0) is 16.1 Å². The number of nitrogens with zero attached hydrogens (tertiary/aromatic N) is 2. The molecule has 0 aromatic heterocycles. The number of hydrogen-bond donors (Lipinski definition) is 1. The van der Waals surface area contributed by atoms with Gasteiger partial charge in [-0.05, 0) is 62.3 Å². The predicted molar refractivity (Wildman–Crippen MR) is 110 cm³/mol. The Bertz CT molecular complexity index is 899.